The number of fused-ring (bicyclic) bond motifs is 1. The number of hydrogen-bond donors (Lipinski definition) is 2. The molecule has 2 aromatic heterocycles. The number of rotatable bonds is 2. The van der Waals surface area contributed by atoms with E-state index in [1.165, 1.54) is 6.20 Å². The summed E-state index contributed by atoms with van der Waals surface area (Å²) < 4.78 is 0. The van der Waals surface area contributed by atoms with E-state index in [9.17, 15) is 4.79 Å². The molecule has 0 bridgehead atoms. The number of anilines is 1. The molecule has 0 aromatic carbocycles. The first-order chi connectivity index (χ1) is 9.72. The number of pyridine rings is 2. The molecule has 5 nitrogen and oxygen atoms in total. The zero-order chi connectivity index (χ0) is 13.9. The molecule has 3 rings (SSSR count). The molecule has 0 fully saturated rings. The standard InChI is InChI=1S/C15H16N4O/c16-12-3-4-14-11(6-12)7-13(9-18-14)19-15(20)10-2-1-5-17-8-10/h1-2,5,7-9,12H,3-4,6,16H2,(H,19,20). The van der Waals surface area contributed by atoms with Crippen molar-refractivity contribution in [2.45, 2.75) is 25.3 Å². The number of nitrogens with two attached hydrogens (primary N) is 1. The number of aromatic nitrogens is 2. The topological polar surface area (TPSA) is 80.9 Å². The van der Waals surface area contributed by atoms with Gasteiger partial charge in [-0.2, -0.15) is 0 Å². The van der Waals surface area contributed by atoms with Crippen LogP contribution in [-0.2, 0) is 12.8 Å². The second-order valence-electron chi connectivity index (χ2n) is 5.03. The van der Waals surface area contributed by atoms with Crippen molar-refractivity contribution >= 4 is 11.6 Å². The van der Waals surface area contributed by atoms with E-state index in [2.05, 4.69) is 15.3 Å². The largest absolute Gasteiger partial charge is 0.327 e. The first kappa shape index (κ1) is 12.7. The van der Waals surface area contributed by atoms with E-state index in [0.717, 1.165) is 30.5 Å². The molecule has 102 valence electrons. The molecule has 0 radical (unpaired) electrons. The smallest absolute Gasteiger partial charge is 0.257 e. The molecule has 1 aliphatic carbocycles. The van der Waals surface area contributed by atoms with Gasteiger partial charge in [-0.25, -0.2) is 0 Å². The van der Waals surface area contributed by atoms with Crippen LogP contribution in [0.3, 0.4) is 0 Å². The minimum atomic E-state index is -0.181. The van der Waals surface area contributed by atoms with Gasteiger partial charge in [0.05, 0.1) is 17.4 Å². The number of nitrogens with zero attached hydrogens (tertiary/aromatic N) is 2. The summed E-state index contributed by atoms with van der Waals surface area (Å²) in [5, 5.41) is 2.84. The van der Waals surface area contributed by atoms with Gasteiger partial charge in [-0.05, 0) is 43.0 Å². The van der Waals surface area contributed by atoms with Crippen molar-refractivity contribution < 1.29 is 4.79 Å². The van der Waals surface area contributed by atoms with E-state index in [4.69, 9.17) is 5.73 Å². The van der Waals surface area contributed by atoms with Gasteiger partial charge in [-0.3, -0.25) is 14.8 Å². The van der Waals surface area contributed by atoms with Gasteiger partial charge in [-0.1, -0.05) is 0 Å². The van der Waals surface area contributed by atoms with Crippen molar-refractivity contribution in [2.24, 2.45) is 5.73 Å². The molecule has 1 amide bonds. The summed E-state index contributed by atoms with van der Waals surface area (Å²) in [6, 6.07) is 5.62. The summed E-state index contributed by atoms with van der Waals surface area (Å²) in [7, 11) is 0. The molecule has 1 aliphatic rings. The Morgan fingerprint density at radius 2 is 2.30 bits per heavy atom. The normalized spacial score (nSPS) is 17.4. The monoisotopic (exact) mass is 268 g/mol. The Labute approximate surface area is 117 Å². The highest BCUT2D eigenvalue weighted by Crippen LogP contribution is 2.21. The lowest BCUT2D eigenvalue weighted by molar-refractivity contribution is 0.102. The minimum Gasteiger partial charge on any atom is -0.327 e. The summed E-state index contributed by atoms with van der Waals surface area (Å²) in [4.78, 5) is 20.4. The molecule has 1 atom stereocenters. The second-order valence-corrected chi connectivity index (χ2v) is 5.03. The Kier molecular flexibility index (Phi) is 3.43. The van der Waals surface area contributed by atoms with Crippen molar-refractivity contribution in [1.82, 2.24) is 9.97 Å². The van der Waals surface area contributed by atoms with E-state index in [0.29, 0.717) is 11.3 Å². The van der Waals surface area contributed by atoms with Crippen LogP contribution >= 0.6 is 0 Å². The number of hydrogen-bond acceptors (Lipinski definition) is 4. The average Bonchev–Trinajstić information content (AvgIpc) is 2.47. The highest BCUT2D eigenvalue weighted by atomic mass is 16.1. The predicted molar refractivity (Wildman–Crippen MR) is 76.4 cm³/mol. The molecule has 0 aliphatic heterocycles. The highest BCUT2D eigenvalue weighted by Gasteiger charge is 2.17. The fourth-order valence-electron chi connectivity index (χ4n) is 2.42. The summed E-state index contributed by atoms with van der Waals surface area (Å²) in [5.74, 6) is -0.181. The third-order valence-electron chi connectivity index (χ3n) is 3.48. The molecule has 3 N–H and O–H groups in total. The number of amides is 1. The zero-order valence-corrected chi connectivity index (χ0v) is 11.0. The molecule has 5 heteroatoms. The third kappa shape index (κ3) is 2.67. The summed E-state index contributed by atoms with van der Waals surface area (Å²) in [6.07, 6.45) is 7.58. The molecule has 0 saturated carbocycles. The zero-order valence-electron chi connectivity index (χ0n) is 11.0. The van der Waals surface area contributed by atoms with Crippen molar-refractivity contribution in [3.05, 3.63) is 53.6 Å². The van der Waals surface area contributed by atoms with E-state index in [1.54, 1.807) is 24.5 Å². The van der Waals surface area contributed by atoms with Gasteiger partial charge < -0.3 is 11.1 Å². The molecule has 2 aromatic rings. The van der Waals surface area contributed by atoms with Crippen LogP contribution in [0.15, 0.2) is 36.8 Å². The Morgan fingerprint density at radius 3 is 3.10 bits per heavy atom. The van der Waals surface area contributed by atoms with Gasteiger partial charge in [0.1, 0.15) is 0 Å². The van der Waals surface area contributed by atoms with E-state index in [-0.39, 0.29) is 11.9 Å². The van der Waals surface area contributed by atoms with Gasteiger partial charge in [0.2, 0.25) is 0 Å². The summed E-state index contributed by atoms with van der Waals surface area (Å²) in [5.41, 5.74) is 9.42. The minimum absolute atomic E-state index is 0.181. The molecular weight excluding hydrogens is 252 g/mol. The van der Waals surface area contributed by atoms with Crippen molar-refractivity contribution in [2.75, 3.05) is 5.32 Å². The van der Waals surface area contributed by atoms with E-state index >= 15 is 0 Å². The quantitative estimate of drug-likeness (QED) is 0.865. The lowest BCUT2D eigenvalue weighted by Crippen LogP contribution is -2.28. The van der Waals surface area contributed by atoms with Crippen molar-refractivity contribution in [1.29, 1.82) is 0 Å². The van der Waals surface area contributed by atoms with Crippen LogP contribution < -0.4 is 11.1 Å². The van der Waals surface area contributed by atoms with Crippen LogP contribution in [-0.4, -0.2) is 21.9 Å². The fourth-order valence-corrected chi connectivity index (χ4v) is 2.42. The van der Waals surface area contributed by atoms with Crippen LogP contribution in [0.5, 0.6) is 0 Å². The number of carbonyl (C=O) groups excluding carboxylic acids is 1. The number of carbonyl (C=O) groups is 1. The van der Waals surface area contributed by atoms with Gasteiger partial charge in [0, 0.05) is 24.1 Å². The second kappa shape index (κ2) is 5.38. The van der Waals surface area contributed by atoms with Crippen LogP contribution in [0.2, 0.25) is 0 Å². The molecule has 20 heavy (non-hydrogen) atoms. The van der Waals surface area contributed by atoms with Gasteiger partial charge >= 0.3 is 0 Å². The third-order valence-corrected chi connectivity index (χ3v) is 3.48. The Bertz CT molecular complexity index is 627. The molecule has 0 saturated heterocycles. The maximum atomic E-state index is 12.0. The highest BCUT2D eigenvalue weighted by molar-refractivity contribution is 6.03. The van der Waals surface area contributed by atoms with Gasteiger partial charge in [-0.15, -0.1) is 0 Å². The number of aryl methyl sites for hydroxylation is 1. The molecular formula is C15H16N4O. The summed E-state index contributed by atoms with van der Waals surface area (Å²) >= 11 is 0. The van der Waals surface area contributed by atoms with Gasteiger partial charge in [0.25, 0.3) is 5.91 Å². The number of nitrogens with one attached hydrogen (secondary N) is 1. The van der Waals surface area contributed by atoms with Gasteiger partial charge in [0.15, 0.2) is 0 Å². The first-order valence-electron chi connectivity index (χ1n) is 6.67. The van der Waals surface area contributed by atoms with Crippen LogP contribution in [0.25, 0.3) is 0 Å². The Hall–Kier alpha value is -2.27. The van der Waals surface area contributed by atoms with Crippen molar-refractivity contribution in [3.8, 4) is 0 Å². The maximum absolute atomic E-state index is 12.0. The van der Waals surface area contributed by atoms with E-state index < -0.39 is 0 Å². The Balaban J connectivity index is 1.78. The summed E-state index contributed by atoms with van der Waals surface area (Å²) in [6.45, 7) is 0. The Morgan fingerprint density at radius 1 is 1.40 bits per heavy atom. The lowest BCUT2D eigenvalue weighted by Gasteiger charge is -2.21. The fraction of sp³-hybridized carbons (Fsp3) is 0.267. The molecule has 1 unspecified atom stereocenters. The molecule has 2 heterocycles. The first-order valence-corrected chi connectivity index (χ1v) is 6.67. The van der Waals surface area contributed by atoms with Crippen LogP contribution in [0.4, 0.5) is 5.69 Å². The van der Waals surface area contributed by atoms with E-state index in [1.807, 2.05) is 6.07 Å². The lowest BCUT2D eigenvalue weighted by atomic mass is 9.92. The van der Waals surface area contributed by atoms with Crippen LogP contribution in [0, 0.1) is 0 Å². The maximum Gasteiger partial charge on any atom is 0.257 e. The SMILES string of the molecule is NC1CCc2ncc(NC(=O)c3cccnc3)cc2C1. The molecule has 0 spiro atoms. The average molecular weight is 268 g/mol. The van der Waals surface area contributed by atoms with Crippen LogP contribution in [0.1, 0.15) is 28.0 Å². The van der Waals surface area contributed by atoms with Crippen molar-refractivity contribution in [3.63, 3.8) is 0 Å². The predicted octanol–water partition coefficient (Wildman–Crippen LogP) is 1.54.